The van der Waals surface area contributed by atoms with Crippen molar-refractivity contribution in [2.24, 2.45) is 0 Å². The third-order valence-electron chi connectivity index (χ3n) is 4.33. The van der Waals surface area contributed by atoms with Gasteiger partial charge in [0.15, 0.2) is 0 Å². The lowest BCUT2D eigenvalue weighted by molar-refractivity contribution is 0.204. The van der Waals surface area contributed by atoms with Crippen molar-refractivity contribution >= 4 is 11.8 Å². The maximum atomic E-state index is 10.3. The summed E-state index contributed by atoms with van der Waals surface area (Å²) in [5.74, 6) is 1.46. The molecule has 0 radical (unpaired) electrons. The van der Waals surface area contributed by atoms with Crippen LogP contribution in [-0.2, 0) is 0 Å². The lowest BCUT2D eigenvalue weighted by atomic mass is 9.80. The number of aliphatic hydroxyl groups excluding tert-OH is 1. The van der Waals surface area contributed by atoms with Crippen molar-refractivity contribution in [3.05, 3.63) is 65.2 Å². The summed E-state index contributed by atoms with van der Waals surface area (Å²) < 4.78 is 0. The summed E-state index contributed by atoms with van der Waals surface area (Å²) in [7, 11) is 0. The molecule has 0 spiro atoms. The molecule has 1 atom stereocenters. The number of thioether (sulfide) groups is 1. The van der Waals surface area contributed by atoms with Gasteiger partial charge in [0.2, 0.25) is 0 Å². The van der Waals surface area contributed by atoms with E-state index in [0.717, 1.165) is 11.5 Å². The Morgan fingerprint density at radius 2 is 1.71 bits per heavy atom. The Morgan fingerprint density at radius 1 is 1.05 bits per heavy atom. The van der Waals surface area contributed by atoms with Crippen molar-refractivity contribution in [1.82, 2.24) is 0 Å². The van der Waals surface area contributed by atoms with Gasteiger partial charge in [-0.05, 0) is 48.9 Å². The average Bonchev–Trinajstić information content (AvgIpc) is 2.45. The van der Waals surface area contributed by atoms with Gasteiger partial charge in [0.1, 0.15) is 0 Å². The largest absolute Gasteiger partial charge is 0.388 e. The van der Waals surface area contributed by atoms with Gasteiger partial charge in [-0.25, -0.2) is 0 Å². The molecule has 2 heteroatoms. The third-order valence-corrected chi connectivity index (χ3v) is 5.41. The first-order valence-corrected chi connectivity index (χ1v) is 8.68. The van der Waals surface area contributed by atoms with Crippen LogP contribution in [0, 0.1) is 6.92 Å². The minimum absolute atomic E-state index is 0.397. The topological polar surface area (TPSA) is 20.2 Å². The van der Waals surface area contributed by atoms with Crippen molar-refractivity contribution < 1.29 is 5.11 Å². The first-order valence-electron chi connectivity index (χ1n) is 7.70. The molecule has 2 aromatic carbocycles. The summed E-state index contributed by atoms with van der Waals surface area (Å²) in [5.41, 5.74) is 3.73. The van der Waals surface area contributed by atoms with Crippen molar-refractivity contribution in [3.8, 4) is 0 Å². The van der Waals surface area contributed by atoms with Gasteiger partial charge in [0.05, 0.1) is 6.10 Å². The molecule has 3 rings (SSSR count). The standard InChI is InChI=1S/C19H22OS/c1-14-5-11-18(12-6-14)21-13-19(20)17-9-7-16(8-10-17)15-3-2-4-15/h5-12,15,19-20H,2-4,13H2,1H3. The van der Waals surface area contributed by atoms with Crippen LogP contribution >= 0.6 is 11.8 Å². The van der Waals surface area contributed by atoms with Crippen LogP contribution in [0.15, 0.2) is 53.4 Å². The van der Waals surface area contributed by atoms with E-state index in [-0.39, 0.29) is 0 Å². The highest BCUT2D eigenvalue weighted by atomic mass is 32.2. The number of rotatable bonds is 5. The summed E-state index contributed by atoms with van der Waals surface area (Å²) in [4.78, 5) is 1.21. The molecular formula is C19H22OS. The van der Waals surface area contributed by atoms with Crippen LogP contribution in [0.1, 0.15) is 48.0 Å². The zero-order valence-electron chi connectivity index (χ0n) is 12.5. The molecule has 1 fully saturated rings. The predicted octanol–water partition coefficient (Wildman–Crippen LogP) is 5.09. The summed E-state index contributed by atoms with van der Waals surface area (Å²) in [6.07, 6.45) is 3.62. The molecule has 0 amide bonds. The van der Waals surface area contributed by atoms with Crippen LogP contribution in [0.5, 0.6) is 0 Å². The molecule has 0 heterocycles. The zero-order chi connectivity index (χ0) is 14.7. The first kappa shape index (κ1) is 14.7. The number of aliphatic hydroxyl groups is 1. The summed E-state index contributed by atoms with van der Waals surface area (Å²) in [6, 6.07) is 17.0. The van der Waals surface area contributed by atoms with Gasteiger partial charge in [0.25, 0.3) is 0 Å². The fourth-order valence-corrected chi connectivity index (χ4v) is 3.51. The predicted molar refractivity (Wildman–Crippen MR) is 89.9 cm³/mol. The summed E-state index contributed by atoms with van der Waals surface area (Å²) in [6.45, 7) is 2.09. The zero-order valence-corrected chi connectivity index (χ0v) is 13.3. The van der Waals surface area contributed by atoms with Gasteiger partial charge in [0, 0.05) is 10.6 Å². The van der Waals surface area contributed by atoms with E-state index in [0.29, 0.717) is 5.75 Å². The Balaban J connectivity index is 1.56. The number of benzene rings is 2. The van der Waals surface area contributed by atoms with E-state index in [9.17, 15) is 5.11 Å². The quantitative estimate of drug-likeness (QED) is 0.776. The van der Waals surface area contributed by atoms with Crippen molar-refractivity contribution in [1.29, 1.82) is 0 Å². The molecule has 1 saturated carbocycles. The normalized spacial score (nSPS) is 16.5. The van der Waals surface area contributed by atoms with E-state index in [1.807, 2.05) is 0 Å². The Morgan fingerprint density at radius 3 is 2.29 bits per heavy atom. The van der Waals surface area contributed by atoms with E-state index in [1.165, 1.54) is 35.3 Å². The Kier molecular flexibility index (Phi) is 4.67. The maximum absolute atomic E-state index is 10.3. The van der Waals surface area contributed by atoms with Gasteiger partial charge in [-0.1, -0.05) is 48.4 Å². The molecule has 1 aliphatic rings. The molecule has 1 N–H and O–H groups in total. The monoisotopic (exact) mass is 298 g/mol. The molecule has 1 aliphatic carbocycles. The second kappa shape index (κ2) is 6.67. The van der Waals surface area contributed by atoms with Gasteiger partial charge >= 0.3 is 0 Å². The van der Waals surface area contributed by atoms with Crippen LogP contribution in [0.4, 0.5) is 0 Å². The highest BCUT2D eigenvalue weighted by molar-refractivity contribution is 7.99. The second-order valence-corrected chi connectivity index (χ2v) is 7.03. The van der Waals surface area contributed by atoms with Crippen LogP contribution < -0.4 is 0 Å². The summed E-state index contributed by atoms with van der Waals surface area (Å²) in [5, 5.41) is 10.3. The van der Waals surface area contributed by atoms with Crippen molar-refractivity contribution in [2.75, 3.05) is 5.75 Å². The van der Waals surface area contributed by atoms with Gasteiger partial charge < -0.3 is 5.11 Å². The minimum Gasteiger partial charge on any atom is -0.388 e. The molecule has 2 aromatic rings. The fraction of sp³-hybridized carbons (Fsp3) is 0.368. The smallest absolute Gasteiger partial charge is 0.0883 e. The van der Waals surface area contributed by atoms with Gasteiger partial charge in [-0.3, -0.25) is 0 Å². The molecule has 110 valence electrons. The van der Waals surface area contributed by atoms with Gasteiger partial charge in [-0.15, -0.1) is 11.8 Å². The lowest BCUT2D eigenvalue weighted by Gasteiger charge is -2.26. The van der Waals surface area contributed by atoms with Crippen LogP contribution in [0.2, 0.25) is 0 Å². The first-order chi connectivity index (χ1) is 10.2. The Labute approximate surface area is 131 Å². The van der Waals surface area contributed by atoms with E-state index in [4.69, 9.17) is 0 Å². The molecule has 21 heavy (non-hydrogen) atoms. The molecule has 1 unspecified atom stereocenters. The van der Waals surface area contributed by atoms with Crippen LogP contribution in [0.25, 0.3) is 0 Å². The minimum atomic E-state index is -0.397. The Bertz CT molecular complexity index is 570. The van der Waals surface area contributed by atoms with Crippen molar-refractivity contribution in [3.63, 3.8) is 0 Å². The van der Waals surface area contributed by atoms with Crippen LogP contribution in [0.3, 0.4) is 0 Å². The molecule has 0 aliphatic heterocycles. The second-order valence-electron chi connectivity index (χ2n) is 5.93. The van der Waals surface area contributed by atoms with E-state index in [2.05, 4.69) is 55.5 Å². The van der Waals surface area contributed by atoms with Crippen molar-refractivity contribution in [2.45, 2.75) is 43.1 Å². The third kappa shape index (κ3) is 3.69. The van der Waals surface area contributed by atoms with E-state index < -0.39 is 6.10 Å². The maximum Gasteiger partial charge on any atom is 0.0883 e. The number of aryl methyl sites for hydroxylation is 1. The van der Waals surface area contributed by atoms with Crippen LogP contribution in [-0.4, -0.2) is 10.9 Å². The highest BCUT2D eigenvalue weighted by Gasteiger charge is 2.19. The molecular weight excluding hydrogens is 276 g/mol. The number of hydrogen-bond acceptors (Lipinski definition) is 2. The van der Waals surface area contributed by atoms with E-state index >= 15 is 0 Å². The average molecular weight is 298 g/mol. The summed E-state index contributed by atoms with van der Waals surface area (Å²) >= 11 is 1.71. The number of hydrogen-bond donors (Lipinski definition) is 1. The molecule has 0 saturated heterocycles. The van der Waals surface area contributed by atoms with E-state index in [1.54, 1.807) is 11.8 Å². The fourth-order valence-electron chi connectivity index (χ4n) is 2.64. The Hall–Kier alpha value is -1.25. The highest BCUT2D eigenvalue weighted by Crippen LogP contribution is 2.36. The molecule has 0 aromatic heterocycles. The molecule has 0 bridgehead atoms. The lowest BCUT2D eigenvalue weighted by Crippen LogP contribution is -2.09. The SMILES string of the molecule is Cc1ccc(SCC(O)c2ccc(C3CCC3)cc2)cc1. The van der Waals surface area contributed by atoms with Gasteiger partial charge in [-0.2, -0.15) is 0 Å². The molecule has 1 nitrogen and oxygen atoms in total.